The largest absolute Gasteiger partial charge is 0.437 e. The van der Waals surface area contributed by atoms with Crippen LogP contribution < -0.4 is 14.9 Å². The van der Waals surface area contributed by atoms with Crippen molar-refractivity contribution in [2.75, 3.05) is 25.1 Å². The number of anilines is 2. The summed E-state index contributed by atoms with van der Waals surface area (Å²) in [5, 5.41) is 3.33. The zero-order valence-corrected chi connectivity index (χ0v) is 17.9. The Hall–Kier alpha value is -3.65. The number of fused-ring (bicyclic) bond motifs is 1. The number of nitrogens with zero attached hydrogens (tertiary/aromatic N) is 4. The molecule has 3 heterocycles. The van der Waals surface area contributed by atoms with E-state index in [0.717, 1.165) is 48.5 Å². The van der Waals surface area contributed by atoms with Gasteiger partial charge >= 0.3 is 0 Å². The first-order valence-corrected chi connectivity index (χ1v) is 10.9. The van der Waals surface area contributed by atoms with Crippen LogP contribution in [-0.4, -0.2) is 39.5 Å². The Morgan fingerprint density at radius 2 is 1.81 bits per heavy atom. The lowest BCUT2D eigenvalue weighted by Crippen LogP contribution is -2.16. The van der Waals surface area contributed by atoms with Crippen LogP contribution in [0.3, 0.4) is 0 Å². The van der Waals surface area contributed by atoms with E-state index in [9.17, 15) is 0 Å². The van der Waals surface area contributed by atoms with Crippen molar-refractivity contribution in [2.24, 2.45) is 0 Å². The molecule has 1 saturated heterocycles. The van der Waals surface area contributed by atoms with Gasteiger partial charge in [0.2, 0.25) is 11.8 Å². The minimum atomic E-state index is 0.306. The van der Waals surface area contributed by atoms with Gasteiger partial charge in [-0.3, -0.25) is 4.98 Å². The number of para-hydroxylation sites is 2. The Labute approximate surface area is 186 Å². The zero-order valence-electron chi connectivity index (χ0n) is 17.9. The molecule has 1 aliphatic rings. The van der Waals surface area contributed by atoms with Crippen LogP contribution in [0.4, 0.5) is 11.6 Å². The Morgan fingerprint density at radius 3 is 2.62 bits per heavy atom. The Morgan fingerprint density at radius 1 is 1.03 bits per heavy atom. The fraction of sp³-hybridized carbons (Fsp3) is 0.292. The minimum absolute atomic E-state index is 0.306. The predicted octanol–water partition coefficient (Wildman–Crippen LogP) is 4.70. The van der Waals surface area contributed by atoms with Crippen LogP contribution in [0.2, 0.25) is 0 Å². The summed E-state index contributed by atoms with van der Waals surface area (Å²) >= 11 is 0. The number of hydrogen-bond acceptors (Lipinski definition) is 7. The standard InChI is InChI=1S/C24H25N5O3/c1-2-31-29-21-6-4-3-5-20(21)28-24(29)27-18-7-9-19(10-8-18)32-23-22(25-13-14-26-23)17-11-15-30-16-12-17/h3-10,13-14,17H,2,11-12,15-16H2,1H3,(H,27,28). The second-order valence-electron chi connectivity index (χ2n) is 7.52. The third-order valence-corrected chi connectivity index (χ3v) is 5.40. The monoisotopic (exact) mass is 431 g/mol. The summed E-state index contributed by atoms with van der Waals surface area (Å²) in [5.74, 6) is 2.18. The lowest BCUT2D eigenvalue weighted by molar-refractivity contribution is 0.0839. The molecule has 0 aliphatic carbocycles. The topological polar surface area (TPSA) is 83.3 Å². The molecule has 8 heteroatoms. The van der Waals surface area contributed by atoms with Crippen LogP contribution in [0, 0.1) is 0 Å². The normalized spacial score (nSPS) is 14.4. The van der Waals surface area contributed by atoms with Crippen LogP contribution in [0.5, 0.6) is 11.6 Å². The molecule has 0 spiro atoms. The first-order chi connectivity index (χ1) is 15.8. The maximum absolute atomic E-state index is 6.09. The second kappa shape index (κ2) is 9.23. The molecule has 2 aromatic carbocycles. The van der Waals surface area contributed by atoms with E-state index >= 15 is 0 Å². The van der Waals surface area contributed by atoms with E-state index in [1.165, 1.54) is 0 Å². The molecule has 0 amide bonds. The molecule has 0 atom stereocenters. The highest BCUT2D eigenvalue weighted by molar-refractivity contribution is 5.79. The van der Waals surface area contributed by atoms with E-state index in [1.807, 2.05) is 55.5 Å². The summed E-state index contributed by atoms with van der Waals surface area (Å²) in [6.07, 6.45) is 5.24. The molecule has 0 unspecified atom stereocenters. The Balaban J connectivity index is 1.34. The molecule has 164 valence electrons. The fourth-order valence-electron chi connectivity index (χ4n) is 3.86. The number of nitrogens with one attached hydrogen (secondary N) is 1. The second-order valence-corrected chi connectivity index (χ2v) is 7.52. The predicted molar refractivity (Wildman–Crippen MR) is 121 cm³/mol. The molecule has 32 heavy (non-hydrogen) atoms. The Bertz CT molecular complexity index is 1190. The van der Waals surface area contributed by atoms with Crippen LogP contribution in [0.25, 0.3) is 11.0 Å². The molecule has 4 aromatic rings. The maximum Gasteiger partial charge on any atom is 0.242 e. The van der Waals surface area contributed by atoms with Gasteiger partial charge in [0.25, 0.3) is 0 Å². The molecule has 1 fully saturated rings. The highest BCUT2D eigenvalue weighted by atomic mass is 16.7. The number of imidazole rings is 1. The molecular formula is C24H25N5O3. The van der Waals surface area contributed by atoms with Gasteiger partial charge in [-0.1, -0.05) is 12.1 Å². The van der Waals surface area contributed by atoms with Gasteiger partial charge < -0.3 is 19.6 Å². The van der Waals surface area contributed by atoms with E-state index in [4.69, 9.17) is 14.3 Å². The van der Waals surface area contributed by atoms with Gasteiger partial charge in [0.1, 0.15) is 23.6 Å². The van der Waals surface area contributed by atoms with Gasteiger partial charge in [-0.15, -0.1) is 4.73 Å². The van der Waals surface area contributed by atoms with Crippen LogP contribution in [0.15, 0.2) is 60.9 Å². The smallest absolute Gasteiger partial charge is 0.242 e. The van der Waals surface area contributed by atoms with Gasteiger partial charge in [0.05, 0.1) is 5.52 Å². The molecule has 1 aliphatic heterocycles. The third-order valence-electron chi connectivity index (χ3n) is 5.40. The van der Waals surface area contributed by atoms with Gasteiger partial charge in [-0.25, -0.2) is 9.97 Å². The molecule has 8 nitrogen and oxygen atoms in total. The maximum atomic E-state index is 6.09. The van der Waals surface area contributed by atoms with E-state index in [1.54, 1.807) is 17.1 Å². The van der Waals surface area contributed by atoms with Crippen molar-refractivity contribution in [1.29, 1.82) is 0 Å². The highest BCUT2D eigenvalue weighted by Gasteiger charge is 2.22. The van der Waals surface area contributed by atoms with Gasteiger partial charge in [0.15, 0.2) is 0 Å². The molecule has 1 N–H and O–H groups in total. The lowest BCUT2D eigenvalue weighted by atomic mass is 9.96. The number of hydrogen-bond donors (Lipinski definition) is 1. The van der Waals surface area contributed by atoms with Gasteiger partial charge in [0, 0.05) is 37.2 Å². The van der Waals surface area contributed by atoms with Crippen LogP contribution in [0.1, 0.15) is 31.4 Å². The van der Waals surface area contributed by atoms with Crippen molar-refractivity contribution in [3.8, 4) is 11.6 Å². The average molecular weight is 431 g/mol. The van der Waals surface area contributed by atoms with Crippen LogP contribution in [-0.2, 0) is 4.74 Å². The molecule has 0 radical (unpaired) electrons. The first-order valence-electron chi connectivity index (χ1n) is 10.9. The van der Waals surface area contributed by atoms with E-state index in [2.05, 4.69) is 20.3 Å². The van der Waals surface area contributed by atoms with Gasteiger partial charge in [-0.05, 0) is 56.2 Å². The quantitative estimate of drug-likeness (QED) is 0.454. The van der Waals surface area contributed by atoms with E-state index in [0.29, 0.717) is 30.1 Å². The summed E-state index contributed by atoms with van der Waals surface area (Å²) in [6.45, 7) is 3.97. The molecule has 0 saturated carbocycles. The summed E-state index contributed by atoms with van der Waals surface area (Å²) < 4.78 is 13.3. The van der Waals surface area contributed by atoms with Crippen molar-refractivity contribution in [3.63, 3.8) is 0 Å². The van der Waals surface area contributed by atoms with Crippen molar-refractivity contribution >= 4 is 22.7 Å². The van der Waals surface area contributed by atoms with Crippen molar-refractivity contribution in [2.45, 2.75) is 25.7 Å². The third kappa shape index (κ3) is 4.22. The first kappa shape index (κ1) is 20.3. The number of ether oxygens (including phenoxy) is 2. The average Bonchev–Trinajstić information content (AvgIpc) is 3.18. The molecule has 2 aromatic heterocycles. The van der Waals surface area contributed by atoms with Crippen molar-refractivity contribution in [1.82, 2.24) is 19.7 Å². The van der Waals surface area contributed by atoms with Crippen LogP contribution >= 0.6 is 0 Å². The summed E-state index contributed by atoms with van der Waals surface area (Å²) in [6, 6.07) is 15.6. The SMILES string of the molecule is CCOn1c(Nc2ccc(Oc3nccnc3C3CCOCC3)cc2)nc2ccccc21. The molecule has 5 rings (SSSR count). The Kier molecular flexibility index (Phi) is 5.85. The van der Waals surface area contributed by atoms with Crippen molar-refractivity contribution < 1.29 is 14.3 Å². The van der Waals surface area contributed by atoms with E-state index in [-0.39, 0.29) is 0 Å². The summed E-state index contributed by atoms with van der Waals surface area (Å²) in [4.78, 5) is 19.4. The number of aromatic nitrogens is 4. The van der Waals surface area contributed by atoms with Crippen molar-refractivity contribution in [3.05, 3.63) is 66.6 Å². The molecule has 0 bridgehead atoms. The molecular weight excluding hydrogens is 406 g/mol. The fourth-order valence-corrected chi connectivity index (χ4v) is 3.86. The summed E-state index contributed by atoms with van der Waals surface area (Å²) in [7, 11) is 0. The zero-order chi connectivity index (χ0) is 21.8. The summed E-state index contributed by atoms with van der Waals surface area (Å²) in [5.41, 5.74) is 3.55. The minimum Gasteiger partial charge on any atom is -0.437 e. The lowest BCUT2D eigenvalue weighted by Gasteiger charge is -2.22. The van der Waals surface area contributed by atoms with Gasteiger partial charge in [-0.2, -0.15) is 0 Å². The highest BCUT2D eigenvalue weighted by Crippen LogP contribution is 2.33. The van der Waals surface area contributed by atoms with E-state index < -0.39 is 0 Å². The number of benzene rings is 2. The number of rotatable bonds is 7.